The summed E-state index contributed by atoms with van der Waals surface area (Å²) >= 11 is 0. The zero-order chi connectivity index (χ0) is 8.55. The van der Waals surface area contributed by atoms with Gasteiger partial charge in [0, 0.05) is 0 Å². The Hall–Kier alpha value is -1.42. The van der Waals surface area contributed by atoms with E-state index in [4.69, 9.17) is 0 Å². The molecule has 1 aliphatic carbocycles. The van der Waals surface area contributed by atoms with Gasteiger partial charge in [0.15, 0.2) is 0 Å². The van der Waals surface area contributed by atoms with Crippen molar-refractivity contribution in [2.24, 2.45) is 0 Å². The Kier molecular flexibility index (Phi) is 1.55. The molecule has 1 aromatic heterocycles. The Bertz CT molecular complexity index is 381. The second-order valence-corrected chi connectivity index (χ2v) is 2.70. The largest absolute Gasteiger partial charge is 0.386 e. The van der Waals surface area contributed by atoms with E-state index in [0.717, 1.165) is 0 Å². The highest BCUT2D eigenvalue weighted by molar-refractivity contribution is 5.50. The maximum atomic E-state index is 10.8. The first-order valence-corrected chi connectivity index (χ1v) is 3.71. The third kappa shape index (κ3) is 1.06. The summed E-state index contributed by atoms with van der Waals surface area (Å²) < 4.78 is 0. The standard InChI is InChI=1S/C8H8N2O2/c11-6-3-1-2-5-8(6)10-7(12)4-9-5/h1-2,4,6,11H,3H2,(H,10,12). The lowest BCUT2D eigenvalue weighted by molar-refractivity contribution is 0.174. The number of nitrogens with zero attached hydrogens (tertiary/aromatic N) is 1. The van der Waals surface area contributed by atoms with Crippen LogP contribution in [0, 0.1) is 0 Å². The van der Waals surface area contributed by atoms with E-state index in [1.165, 1.54) is 6.20 Å². The number of nitrogens with one attached hydrogen (secondary N) is 1. The van der Waals surface area contributed by atoms with E-state index < -0.39 is 6.10 Å². The van der Waals surface area contributed by atoms with E-state index >= 15 is 0 Å². The molecule has 0 amide bonds. The van der Waals surface area contributed by atoms with Crippen LogP contribution in [0.2, 0.25) is 0 Å². The van der Waals surface area contributed by atoms with Crippen molar-refractivity contribution in [3.05, 3.63) is 34.0 Å². The zero-order valence-electron chi connectivity index (χ0n) is 6.32. The highest BCUT2D eigenvalue weighted by Crippen LogP contribution is 2.22. The second kappa shape index (κ2) is 2.57. The van der Waals surface area contributed by atoms with Crippen LogP contribution in [0.3, 0.4) is 0 Å². The van der Waals surface area contributed by atoms with Gasteiger partial charge in [0.25, 0.3) is 5.56 Å². The minimum absolute atomic E-state index is 0.275. The average molecular weight is 164 g/mol. The van der Waals surface area contributed by atoms with Crippen LogP contribution in [0.5, 0.6) is 0 Å². The summed E-state index contributed by atoms with van der Waals surface area (Å²) in [6, 6.07) is 0. The molecule has 0 saturated carbocycles. The Morgan fingerprint density at radius 1 is 1.67 bits per heavy atom. The number of hydrogen-bond acceptors (Lipinski definition) is 3. The lowest BCUT2D eigenvalue weighted by atomic mass is 10.1. The van der Waals surface area contributed by atoms with Crippen LogP contribution in [0.15, 0.2) is 17.1 Å². The molecule has 2 N–H and O–H groups in total. The van der Waals surface area contributed by atoms with Gasteiger partial charge in [0.2, 0.25) is 0 Å². The second-order valence-electron chi connectivity index (χ2n) is 2.70. The fourth-order valence-corrected chi connectivity index (χ4v) is 1.24. The number of aliphatic hydroxyl groups is 1. The molecule has 1 aliphatic rings. The molecule has 0 saturated heterocycles. The van der Waals surface area contributed by atoms with Crippen LogP contribution in [0.4, 0.5) is 0 Å². The van der Waals surface area contributed by atoms with Gasteiger partial charge in [-0.3, -0.25) is 4.79 Å². The summed E-state index contributed by atoms with van der Waals surface area (Å²) in [5.41, 5.74) is 0.890. The number of aromatic amines is 1. The summed E-state index contributed by atoms with van der Waals surface area (Å²) in [5, 5.41) is 9.42. The Morgan fingerprint density at radius 2 is 2.50 bits per heavy atom. The lowest BCUT2D eigenvalue weighted by Gasteiger charge is -2.13. The number of H-pyrrole nitrogens is 1. The third-order valence-electron chi connectivity index (χ3n) is 1.82. The molecule has 12 heavy (non-hydrogen) atoms. The van der Waals surface area contributed by atoms with Crippen LogP contribution >= 0.6 is 0 Å². The lowest BCUT2D eigenvalue weighted by Crippen LogP contribution is -2.15. The van der Waals surface area contributed by atoms with Gasteiger partial charge in [0.1, 0.15) is 0 Å². The van der Waals surface area contributed by atoms with E-state index in [1.54, 1.807) is 6.08 Å². The van der Waals surface area contributed by atoms with Gasteiger partial charge >= 0.3 is 0 Å². The van der Waals surface area contributed by atoms with E-state index in [1.807, 2.05) is 6.08 Å². The minimum Gasteiger partial charge on any atom is -0.386 e. The number of hydrogen-bond donors (Lipinski definition) is 2. The average Bonchev–Trinajstić information content (AvgIpc) is 2.07. The topological polar surface area (TPSA) is 66.0 Å². The molecule has 4 heteroatoms. The van der Waals surface area contributed by atoms with Crippen molar-refractivity contribution in [3.8, 4) is 0 Å². The van der Waals surface area contributed by atoms with Crippen molar-refractivity contribution >= 4 is 6.08 Å². The van der Waals surface area contributed by atoms with Crippen molar-refractivity contribution in [2.45, 2.75) is 12.5 Å². The normalized spacial score (nSPS) is 20.6. The van der Waals surface area contributed by atoms with Gasteiger partial charge in [-0.15, -0.1) is 0 Å². The SMILES string of the molecule is O=c1cnc2c([nH]1)C(O)CC=C2. The maximum absolute atomic E-state index is 10.8. The molecule has 0 aliphatic heterocycles. The Labute approximate surface area is 68.6 Å². The van der Waals surface area contributed by atoms with Crippen LogP contribution in [0.25, 0.3) is 6.08 Å². The molecule has 2 rings (SSSR count). The van der Waals surface area contributed by atoms with Crippen LogP contribution in [-0.4, -0.2) is 15.1 Å². The van der Waals surface area contributed by atoms with Crippen LogP contribution < -0.4 is 5.56 Å². The molecule has 0 fully saturated rings. The molecule has 0 spiro atoms. The molecule has 62 valence electrons. The molecule has 1 aromatic rings. The Balaban J connectivity index is 2.63. The fourth-order valence-electron chi connectivity index (χ4n) is 1.24. The quantitative estimate of drug-likeness (QED) is 0.576. The van der Waals surface area contributed by atoms with E-state index in [-0.39, 0.29) is 5.56 Å². The molecule has 1 heterocycles. The molecule has 0 bridgehead atoms. The van der Waals surface area contributed by atoms with Gasteiger partial charge in [-0.2, -0.15) is 0 Å². The molecule has 0 radical (unpaired) electrons. The van der Waals surface area contributed by atoms with E-state index in [0.29, 0.717) is 17.8 Å². The van der Waals surface area contributed by atoms with Crippen molar-refractivity contribution in [1.82, 2.24) is 9.97 Å². The first-order valence-electron chi connectivity index (χ1n) is 3.71. The third-order valence-corrected chi connectivity index (χ3v) is 1.82. The summed E-state index contributed by atoms with van der Waals surface area (Å²) in [4.78, 5) is 17.3. The van der Waals surface area contributed by atoms with Crippen molar-refractivity contribution in [1.29, 1.82) is 0 Å². The van der Waals surface area contributed by atoms with E-state index in [9.17, 15) is 9.90 Å². The Morgan fingerprint density at radius 3 is 3.33 bits per heavy atom. The number of rotatable bonds is 0. The van der Waals surface area contributed by atoms with Crippen molar-refractivity contribution in [3.63, 3.8) is 0 Å². The predicted octanol–water partition coefficient (Wildman–Crippen LogP) is 0.220. The summed E-state index contributed by atoms with van der Waals surface area (Å²) in [6.07, 6.45) is 4.75. The first-order chi connectivity index (χ1) is 5.77. The van der Waals surface area contributed by atoms with Gasteiger partial charge in [-0.05, 0) is 12.5 Å². The fraction of sp³-hybridized carbons (Fsp3) is 0.250. The molecule has 0 aromatic carbocycles. The summed E-state index contributed by atoms with van der Waals surface area (Å²) in [6.45, 7) is 0. The molecule has 1 unspecified atom stereocenters. The predicted molar refractivity (Wildman–Crippen MR) is 43.5 cm³/mol. The van der Waals surface area contributed by atoms with Gasteiger partial charge in [-0.25, -0.2) is 4.98 Å². The summed E-state index contributed by atoms with van der Waals surface area (Å²) in [5.74, 6) is 0. The van der Waals surface area contributed by atoms with Crippen LogP contribution in [-0.2, 0) is 0 Å². The molecule has 4 nitrogen and oxygen atoms in total. The molecular weight excluding hydrogens is 156 g/mol. The minimum atomic E-state index is -0.619. The van der Waals surface area contributed by atoms with Gasteiger partial charge < -0.3 is 10.1 Å². The number of aromatic nitrogens is 2. The summed E-state index contributed by atoms with van der Waals surface area (Å²) in [7, 11) is 0. The monoisotopic (exact) mass is 164 g/mol. The molecule has 1 atom stereocenters. The highest BCUT2D eigenvalue weighted by atomic mass is 16.3. The maximum Gasteiger partial charge on any atom is 0.266 e. The number of fused-ring (bicyclic) bond motifs is 1. The number of aliphatic hydroxyl groups excluding tert-OH is 1. The van der Waals surface area contributed by atoms with Crippen LogP contribution in [0.1, 0.15) is 23.9 Å². The zero-order valence-corrected chi connectivity index (χ0v) is 6.32. The smallest absolute Gasteiger partial charge is 0.266 e. The molecular formula is C8H8N2O2. The first kappa shape index (κ1) is 7.24. The van der Waals surface area contributed by atoms with E-state index in [2.05, 4.69) is 9.97 Å². The van der Waals surface area contributed by atoms with Crippen molar-refractivity contribution < 1.29 is 5.11 Å². The van der Waals surface area contributed by atoms with Crippen molar-refractivity contribution in [2.75, 3.05) is 0 Å². The van der Waals surface area contributed by atoms with Gasteiger partial charge in [-0.1, -0.05) is 6.08 Å². The highest BCUT2D eigenvalue weighted by Gasteiger charge is 2.15. The van der Waals surface area contributed by atoms with Gasteiger partial charge in [0.05, 0.1) is 23.7 Å².